The molecule has 0 aliphatic heterocycles. The van der Waals surface area contributed by atoms with Crippen molar-refractivity contribution in [3.8, 4) is 5.75 Å². The minimum atomic E-state index is -0.687. The smallest absolute Gasteiger partial charge is 0.311 e. The third-order valence-corrected chi connectivity index (χ3v) is 3.62. The number of nitrogens with zero attached hydrogens (tertiary/aromatic N) is 1. The van der Waals surface area contributed by atoms with Crippen molar-refractivity contribution in [1.82, 2.24) is 5.32 Å². The summed E-state index contributed by atoms with van der Waals surface area (Å²) < 4.78 is 18.4. The molecule has 0 aliphatic carbocycles. The van der Waals surface area contributed by atoms with E-state index in [0.717, 1.165) is 23.8 Å². The van der Waals surface area contributed by atoms with Crippen LogP contribution in [0.2, 0.25) is 0 Å². The van der Waals surface area contributed by atoms with Crippen molar-refractivity contribution < 1.29 is 18.8 Å². The molecule has 1 unspecified atom stereocenters. The van der Waals surface area contributed by atoms with E-state index in [2.05, 4.69) is 5.32 Å². The number of amides is 1. The van der Waals surface area contributed by atoms with Crippen LogP contribution in [-0.4, -0.2) is 17.4 Å². The first-order valence-corrected chi connectivity index (χ1v) is 7.79. The van der Waals surface area contributed by atoms with Gasteiger partial charge in [0, 0.05) is 12.1 Å². The van der Waals surface area contributed by atoms with Crippen LogP contribution in [0.15, 0.2) is 48.5 Å². The summed E-state index contributed by atoms with van der Waals surface area (Å²) in [5.41, 5.74) is 0.556. The van der Waals surface area contributed by atoms with Gasteiger partial charge in [0.1, 0.15) is 5.82 Å². The first-order chi connectivity index (χ1) is 11.9. The number of carbonyl (C=O) groups is 1. The Morgan fingerprint density at radius 2 is 1.92 bits per heavy atom. The largest absolute Gasteiger partial charge is 0.477 e. The molecule has 0 radical (unpaired) electrons. The maximum absolute atomic E-state index is 13.3. The van der Waals surface area contributed by atoms with E-state index in [1.54, 1.807) is 0 Å². The molecule has 0 spiro atoms. The van der Waals surface area contributed by atoms with Crippen molar-refractivity contribution in [1.29, 1.82) is 0 Å². The van der Waals surface area contributed by atoms with Gasteiger partial charge >= 0.3 is 5.69 Å². The van der Waals surface area contributed by atoms with E-state index >= 15 is 0 Å². The molecule has 1 atom stereocenters. The number of benzene rings is 2. The third kappa shape index (κ3) is 5.00. The molecule has 7 heteroatoms. The van der Waals surface area contributed by atoms with Crippen molar-refractivity contribution in [3.05, 3.63) is 70.0 Å². The van der Waals surface area contributed by atoms with Gasteiger partial charge in [-0.2, -0.15) is 0 Å². The van der Waals surface area contributed by atoms with Gasteiger partial charge in [-0.25, -0.2) is 4.39 Å². The molecule has 0 aliphatic rings. The standard InChI is InChI=1S/C18H19FN2O4/c1-12(2)18(13-6-4-3-5-7-13)20-17(22)11-25-16-10-14(19)8-9-15(16)21(23)24/h3-10,12,18H,11H2,1-2H3,(H,20,22). The number of carbonyl (C=O) groups excluding carboxylic acids is 1. The van der Waals surface area contributed by atoms with Gasteiger partial charge in [0.05, 0.1) is 11.0 Å². The third-order valence-electron chi connectivity index (χ3n) is 3.62. The van der Waals surface area contributed by atoms with Crippen LogP contribution in [0, 0.1) is 21.8 Å². The van der Waals surface area contributed by atoms with E-state index in [1.165, 1.54) is 0 Å². The predicted octanol–water partition coefficient (Wildman–Crippen LogP) is 3.63. The summed E-state index contributed by atoms with van der Waals surface area (Å²) in [5, 5.41) is 13.8. The average Bonchev–Trinajstić information content (AvgIpc) is 2.58. The maximum Gasteiger partial charge on any atom is 0.311 e. The quantitative estimate of drug-likeness (QED) is 0.613. The van der Waals surface area contributed by atoms with Crippen LogP contribution in [0.1, 0.15) is 25.5 Å². The van der Waals surface area contributed by atoms with Crippen LogP contribution in [-0.2, 0) is 4.79 Å². The Kier molecular flexibility index (Phi) is 6.05. The second kappa shape index (κ2) is 8.23. The maximum atomic E-state index is 13.3. The number of rotatable bonds is 7. The second-order valence-corrected chi connectivity index (χ2v) is 5.86. The highest BCUT2D eigenvalue weighted by molar-refractivity contribution is 5.78. The molecule has 2 aromatic rings. The fourth-order valence-electron chi connectivity index (χ4n) is 2.41. The minimum absolute atomic E-state index is 0.134. The molecule has 1 N–H and O–H groups in total. The minimum Gasteiger partial charge on any atom is -0.477 e. The topological polar surface area (TPSA) is 81.5 Å². The summed E-state index contributed by atoms with van der Waals surface area (Å²) in [6.07, 6.45) is 0. The number of hydrogen-bond donors (Lipinski definition) is 1. The van der Waals surface area contributed by atoms with Gasteiger partial charge in [0.2, 0.25) is 5.75 Å². The van der Waals surface area contributed by atoms with E-state index in [1.807, 2.05) is 44.2 Å². The van der Waals surface area contributed by atoms with Gasteiger partial charge in [-0.1, -0.05) is 44.2 Å². The Hall–Kier alpha value is -2.96. The SMILES string of the molecule is CC(C)C(NC(=O)COc1cc(F)ccc1[N+](=O)[O-])c1ccccc1. The molecule has 0 fully saturated rings. The van der Waals surface area contributed by atoms with Gasteiger partial charge in [-0.3, -0.25) is 14.9 Å². The van der Waals surface area contributed by atoms with E-state index in [4.69, 9.17) is 4.74 Å². The lowest BCUT2D eigenvalue weighted by Gasteiger charge is -2.23. The van der Waals surface area contributed by atoms with Crippen molar-refractivity contribution in [2.24, 2.45) is 5.92 Å². The van der Waals surface area contributed by atoms with Crippen LogP contribution < -0.4 is 10.1 Å². The van der Waals surface area contributed by atoms with E-state index in [0.29, 0.717) is 0 Å². The molecule has 25 heavy (non-hydrogen) atoms. The van der Waals surface area contributed by atoms with Crippen LogP contribution in [0.4, 0.5) is 10.1 Å². The van der Waals surface area contributed by atoms with E-state index < -0.39 is 28.9 Å². The highest BCUT2D eigenvalue weighted by Crippen LogP contribution is 2.27. The fourth-order valence-corrected chi connectivity index (χ4v) is 2.41. The molecule has 2 aromatic carbocycles. The first kappa shape index (κ1) is 18.4. The van der Waals surface area contributed by atoms with Crippen molar-refractivity contribution >= 4 is 11.6 Å². The Morgan fingerprint density at radius 1 is 1.24 bits per heavy atom. The number of hydrogen-bond acceptors (Lipinski definition) is 4. The molecule has 0 heterocycles. The average molecular weight is 346 g/mol. The van der Waals surface area contributed by atoms with Crippen molar-refractivity contribution in [2.75, 3.05) is 6.61 Å². The highest BCUT2D eigenvalue weighted by atomic mass is 19.1. The fraction of sp³-hybridized carbons (Fsp3) is 0.278. The molecule has 0 saturated heterocycles. The lowest BCUT2D eigenvalue weighted by molar-refractivity contribution is -0.385. The number of nitro groups is 1. The van der Waals surface area contributed by atoms with E-state index in [-0.39, 0.29) is 17.7 Å². The first-order valence-electron chi connectivity index (χ1n) is 7.79. The molecular weight excluding hydrogens is 327 g/mol. The molecular formula is C18H19FN2O4. The van der Waals surface area contributed by atoms with Gasteiger partial charge < -0.3 is 10.1 Å². The van der Waals surface area contributed by atoms with Crippen LogP contribution in [0.3, 0.4) is 0 Å². The highest BCUT2D eigenvalue weighted by Gasteiger charge is 2.20. The molecule has 2 rings (SSSR count). The van der Waals surface area contributed by atoms with E-state index in [9.17, 15) is 19.3 Å². The van der Waals surface area contributed by atoms with Crippen LogP contribution in [0.25, 0.3) is 0 Å². The van der Waals surface area contributed by atoms with Gasteiger partial charge in [0.25, 0.3) is 5.91 Å². The number of ether oxygens (including phenoxy) is 1. The normalized spacial score (nSPS) is 11.8. The van der Waals surface area contributed by atoms with Crippen LogP contribution in [0.5, 0.6) is 5.75 Å². The number of nitro benzene ring substituents is 1. The lowest BCUT2D eigenvalue weighted by atomic mass is 9.96. The molecule has 6 nitrogen and oxygen atoms in total. The predicted molar refractivity (Wildman–Crippen MR) is 90.7 cm³/mol. The van der Waals surface area contributed by atoms with Gasteiger partial charge in [-0.15, -0.1) is 0 Å². The molecule has 0 saturated carbocycles. The molecule has 1 amide bonds. The number of nitrogens with one attached hydrogen (secondary N) is 1. The summed E-state index contributed by atoms with van der Waals surface area (Å²) in [6.45, 7) is 3.49. The Labute approximate surface area is 144 Å². The summed E-state index contributed by atoms with van der Waals surface area (Å²) in [5.74, 6) is -1.26. The van der Waals surface area contributed by atoms with Crippen molar-refractivity contribution in [2.45, 2.75) is 19.9 Å². The Bertz CT molecular complexity index is 750. The lowest BCUT2D eigenvalue weighted by Crippen LogP contribution is -2.35. The summed E-state index contributed by atoms with van der Waals surface area (Å²) in [4.78, 5) is 22.4. The summed E-state index contributed by atoms with van der Waals surface area (Å²) in [7, 11) is 0. The molecule has 0 aromatic heterocycles. The monoisotopic (exact) mass is 346 g/mol. The zero-order chi connectivity index (χ0) is 18.4. The summed E-state index contributed by atoms with van der Waals surface area (Å²) >= 11 is 0. The Balaban J connectivity index is 2.05. The number of halogens is 1. The van der Waals surface area contributed by atoms with Gasteiger partial charge in [-0.05, 0) is 17.5 Å². The zero-order valence-electron chi connectivity index (χ0n) is 13.9. The molecule has 0 bridgehead atoms. The second-order valence-electron chi connectivity index (χ2n) is 5.86. The molecule has 132 valence electrons. The van der Waals surface area contributed by atoms with Crippen LogP contribution >= 0.6 is 0 Å². The van der Waals surface area contributed by atoms with Crippen molar-refractivity contribution in [3.63, 3.8) is 0 Å². The van der Waals surface area contributed by atoms with Gasteiger partial charge in [0.15, 0.2) is 6.61 Å². The zero-order valence-corrected chi connectivity index (χ0v) is 13.9. The Morgan fingerprint density at radius 3 is 2.52 bits per heavy atom. The summed E-state index contributed by atoms with van der Waals surface area (Å²) in [6, 6.07) is 12.1.